The SMILES string of the molecule is [2H]C1(c2c(C#N)ccc3c2oc2c(-c4cccc[n+]4C)c(C)ccc23)Cc2ccncc2C1. The zero-order valence-electron chi connectivity index (χ0n) is 19.0. The molecule has 5 aromatic rings. The molecule has 0 radical (unpaired) electrons. The van der Waals surface area contributed by atoms with E-state index in [0.717, 1.165) is 44.3 Å². The van der Waals surface area contributed by atoms with E-state index in [4.69, 9.17) is 4.42 Å². The molecule has 0 bridgehead atoms. The van der Waals surface area contributed by atoms with Crippen molar-refractivity contribution in [1.29, 1.82) is 5.26 Å². The molecule has 0 fully saturated rings. The fourth-order valence-corrected chi connectivity index (χ4v) is 5.03. The summed E-state index contributed by atoms with van der Waals surface area (Å²) in [5.41, 5.74) is 8.01. The first kappa shape index (κ1) is 17.7. The maximum atomic E-state index is 9.97. The van der Waals surface area contributed by atoms with Gasteiger partial charge in [-0.25, -0.2) is 4.57 Å². The van der Waals surface area contributed by atoms with Gasteiger partial charge in [0.25, 0.3) is 0 Å². The van der Waals surface area contributed by atoms with Gasteiger partial charge in [0.1, 0.15) is 18.2 Å². The van der Waals surface area contributed by atoms with E-state index < -0.39 is 5.89 Å². The van der Waals surface area contributed by atoms with Gasteiger partial charge in [-0.05, 0) is 66.6 Å². The van der Waals surface area contributed by atoms with Gasteiger partial charge in [-0.1, -0.05) is 12.1 Å². The van der Waals surface area contributed by atoms with Crippen LogP contribution in [0, 0.1) is 18.3 Å². The number of rotatable bonds is 2. The third kappa shape index (κ3) is 2.68. The van der Waals surface area contributed by atoms with Gasteiger partial charge in [0.15, 0.2) is 6.20 Å². The standard InChI is InChI=1S/C28H22N3O/c1-17-6-8-22-23-9-7-19(15-29)26(20-13-18-10-11-30-16-21(18)14-20)28(23)32-27(22)25(17)24-5-3-4-12-31(24)2/h3-12,16,20H,13-14H2,1-2H3/q+1/i20D. The van der Waals surface area contributed by atoms with E-state index in [1.165, 1.54) is 0 Å². The van der Waals surface area contributed by atoms with Gasteiger partial charge < -0.3 is 4.42 Å². The van der Waals surface area contributed by atoms with Crippen molar-refractivity contribution in [3.8, 4) is 17.3 Å². The summed E-state index contributed by atoms with van der Waals surface area (Å²) in [6, 6.07) is 18.4. The predicted octanol–water partition coefficient (Wildman–Crippen LogP) is 5.54. The number of furan rings is 1. The van der Waals surface area contributed by atoms with Crippen LogP contribution < -0.4 is 4.57 Å². The molecular weight excluding hydrogens is 394 g/mol. The number of benzene rings is 2. The minimum absolute atomic E-state index is 0.501. The molecule has 0 spiro atoms. The summed E-state index contributed by atoms with van der Waals surface area (Å²) in [5.74, 6) is -0.976. The van der Waals surface area contributed by atoms with E-state index in [-0.39, 0.29) is 0 Å². The summed E-state index contributed by atoms with van der Waals surface area (Å²) in [4.78, 5) is 4.24. The number of nitriles is 1. The maximum absolute atomic E-state index is 9.97. The van der Waals surface area contributed by atoms with Gasteiger partial charge in [-0.3, -0.25) is 4.98 Å². The third-order valence-electron chi connectivity index (χ3n) is 6.62. The number of aryl methyl sites for hydroxylation is 2. The molecule has 3 heterocycles. The lowest BCUT2D eigenvalue weighted by Crippen LogP contribution is -2.30. The van der Waals surface area contributed by atoms with Gasteiger partial charge >= 0.3 is 0 Å². The van der Waals surface area contributed by atoms with Crippen molar-refractivity contribution < 1.29 is 10.4 Å². The smallest absolute Gasteiger partial charge is 0.216 e. The van der Waals surface area contributed by atoms with Crippen molar-refractivity contribution in [2.24, 2.45) is 7.05 Å². The lowest BCUT2D eigenvalue weighted by atomic mass is 9.90. The van der Waals surface area contributed by atoms with Gasteiger partial charge in [0, 0.05) is 42.2 Å². The molecule has 1 aliphatic carbocycles. The summed E-state index contributed by atoms with van der Waals surface area (Å²) in [6.07, 6.45) is 6.69. The monoisotopic (exact) mass is 417 g/mol. The number of hydrogen-bond donors (Lipinski definition) is 0. The first-order valence-electron chi connectivity index (χ1n) is 11.3. The Hall–Kier alpha value is -3.97. The lowest BCUT2D eigenvalue weighted by molar-refractivity contribution is -0.660. The van der Waals surface area contributed by atoms with Crippen molar-refractivity contribution >= 4 is 21.9 Å². The van der Waals surface area contributed by atoms with E-state index in [0.29, 0.717) is 29.6 Å². The van der Waals surface area contributed by atoms with E-state index in [1.807, 2.05) is 49.8 Å². The molecule has 0 amide bonds. The summed E-state index contributed by atoms with van der Waals surface area (Å²) in [7, 11) is 2.03. The lowest BCUT2D eigenvalue weighted by Gasteiger charge is -2.12. The van der Waals surface area contributed by atoms with Gasteiger partial charge in [-0.15, -0.1) is 0 Å². The largest absolute Gasteiger partial charge is 0.455 e. The average molecular weight is 418 g/mol. The van der Waals surface area contributed by atoms with Crippen LogP contribution in [0.1, 0.15) is 35.1 Å². The van der Waals surface area contributed by atoms with Crippen LogP contribution in [0.2, 0.25) is 0 Å². The normalized spacial score (nSPS) is 18.0. The van der Waals surface area contributed by atoms with E-state index in [2.05, 4.69) is 40.7 Å². The van der Waals surface area contributed by atoms with Crippen molar-refractivity contribution in [3.63, 3.8) is 0 Å². The molecule has 6 rings (SSSR count). The number of pyridine rings is 2. The van der Waals surface area contributed by atoms with Crippen LogP contribution in [-0.4, -0.2) is 4.98 Å². The fourth-order valence-electron chi connectivity index (χ4n) is 5.03. The molecule has 1 atom stereocenters. The van der Waals surface area contributed by atoms with Crippen molar-refractivity contribution in [2.75, 3.05) is 0 Å². The summed E-state index contributed by atoms with van der Waals surface area (Å²) >= 11 is 0. The first-order chi connectivity index (χ1) is 16.0. The zero-order chi connectivity index (χ0) is 22.7. The molecule has 0 saturated carbocycles. The number of hydrogen-bond acceptors (Lipinski definition) is 3. The second kappa shape index (κ2) is 7.03. The molecule has 32 heavy (non-hydrogen) atoms. The number of aromatic nitrogens is 2. The van der Waals surface area contributed by atoms with Crippen molar-refractivity contribution in [3.05, 3.63) is 94.9 Å². The Morgan fingerprint density at radius 1 is 1.06 bits per heavy atom. The Labute approximate surface area is 187 Å². The second-order valence-corrected chi connectivity index (χ2v) is 8.51. The van der Waals surface area contributed by atoms with Crippen molar-refractivity contribution in [1.82, 2.24) is 4.98 Å². The van der Waals surface area contributed by atoms with Crippen LogP contribution >= 0.6 is 0 Å². The van der Waals surface area contributed by atoms with Crippen LogP contribution in [0.15, 0.2) is 71.5 Å². The molecule has 4 nitrogen and oxygen atoms in total. The van der Waals surface area contributed by atoms with Gasteiger partial charge in [0.05, 0.1) is 17.2 Å². The Bertz CT molecular complexity index is 1600. The van der Waals surface area contributed by atoms with Crippen LogP contribution in [-0.2, 0) is 19.9 Å². The highest BCUT2D eigenvalue weighted by atomic mass is 16.3. The molecule has 4 heteroatoms. The highest BCUT2D eigenvalue weighted by Crippen LogP contribution is 2.43. The van der Waals surface area contributed by atoms with Crippen molar-refractivity contribution in [2.45, 2.75) is 25.7 Å². The van der Waals surface area contributed by atoms with E-state index in [9.17, 15) is 6.63 Å². The molecule has 1 aliphatic rings. The van der Waals surface area contributed by atoms with Gasteiger partial charge in [-0.2, -0.15) is 5.26 Å². The molecule has 0 saturated heterocycles. The number of nitrogens with zero attached hydrogens (tertiary/aromatic N) is 3. The Morgan fingerprint density at radius 2 is 1.88 bits per heavy atom. The van der Waals surface area contributed by atoms with E-state index in [1.54, 1.807) is 6.20 Å². The zero-order valence-corrected chi connectivity index (χ0v) is 18.0. The molecule has 0 aliphatic heterocycles. The second-order valence-electron chi connectivity index (χ2n) is 8.51. The predicted molar refractivity (Wildman–Crippen MR) is 124 cm³/mol. The molecule has 154 valence electrons. The first-order valence-corrected chi connectivity index (χ1v) is 10.8. The highest BCUT2D eigenvalue weighted by molar-refractivity contribution is 6.11. The highest BCUT2D eigenvalue weighted by Gasteiger charge is 2.29. The third-order valence-corrected chi connectivity index (χ3v) is 6.62. The molecule has 3 aromatic heterocycles. The minimum atomic E-state index is -0.976. The van der Waals surface area contributed by atoms with Crippen LogP contribution in [0.5, 0.6) is 0 Å². The average Bonchev–Trinajstić information content (AvgIpc) is 3.36. The quantitative estimate of drug-likeness (QED) is 0.355. The molecule has 2 aromatic carbocycles. The maximum Gasteiger partial charge on any atom is 0.216 e. The summed E-state index contributed by atoms with van der Waals surface area (Å²) in [6.45, 7) is 2.09. The minimum Gasteiger partial charge on any atom is -0.455 e. The van der Waals surface area contributed by atoms with Crippen LogP contribution in [0.3, 0.4) is 0 Å². The summed E-state index contributed by atoms with van der Waals surface area (Å²) in [5, 5.41) is 11.9. The van der Waals surface area contributed by atoms with Crippen LogP contribution in [0.25, 0.3) is 33.2 Å². The summed E-state index contributed by atoms with van der Waals surface area (Å²) < 4.78 is 18.2. The molecule has 1 unspecified atom stereocenters. The fraction of sp³-hybridized carbons (Fsp3) is 0.179. The molecule has 0 N–H and O–H groups in total. The van der Waals surface area contributed by atoms with Crippen LogP contribution in [0.4, 0.5) is 0 Å². The Balaban J connectivity index is 1.68. The number of fused-ring (bicyclic) bond motifs is 4. The topological polar surface area (TPSA) is 53.7 Å². The van der Waals surface area contributed by atoms with E-state index >= 15 is 0 Å². The Morgan fingerprint density at radius 3 is 2.69 bits per heavy atom. The Kier molecular flexibility index (Phi) is 3.89. The van der Waals surface area contributed by atoms with Gasteiger partial charge in [0.2, 0.25) is 5.69 Å². The molecular formula is C28H22N3O+.